The van der Waals surface area contributed by atoms with E-state index in [1.54, 1.807) is 21.1 Å². The Bertz CT molecular complexity index is 1130. The van der Waals surface area contributed by atoms with Gasteiger partial charge in [0.2, 0.25) is 0 Å². The summed E-state index contributed by atoms with van der Waals surface area (Å²) in [5, 5.41) is 0. The first kappa shape index (κ1) is 24.3. The van der Waals surface area contributed by atoms with Gasteiger partial charge in [0, 0.05) is 37.5 Å². The van der Waals surface area contributed by atoms with Crippen molar-refractivity contribution in [2.75, 3.05) is 20.8 Å². The number of benzene rings is 1. The number of fused-ring (bicyclic) bond motifs is 4. The molecule has 0 saturated heterocycles. The monoisotopic (exact) mass is 476 g/mol. The van der Waals surface area contributed by atoms with E-state index in [9.17, 15) is 14.4 Å². The number of carbonyl (C=O) groups is 3. The van der Waals surface area contributed by atoms with Crippen LogP contribution in [-0.2, 0) is 19.1 Å². The quantitative estimate of drug-likeness (QED) is 0.515. The van der Waals surface area contributed by atoms with Crippen molar-refractivity contribution < 1.29 is 23.9 Å². The van der Waals surface area contributed by atoms with Crippen molar-refractivity contribution in [2.24, 2.45) is 17.3 Å². The molecule has 4 aliphatic carbocycles. The second kappa shape index (κ2) is 8.94. The summed E-state index contributed by atoms with van der Waals surface area (Å²) in [6.07, 6.45) is 7.64. The Hall–Kier alpha value is -2.37. The third kappa shape index (κ3) is 3.62. The average Bonchev–Trinajstić information content (AvgIpc) is 3.16. The van der Waals surface area contributed by atoms with Crippen LogP contribution >= 0.6 is 0 Å². The van der Waals surface area contributed by atoms with Gasteiger partial charge in [-0.1, -0.05) is 36.8 Å². The number of carbonyl (C=O) groups excluding carboxylic acids is 3. The van der Waals surface area contributed by atoms with Crippen LogP contribution in [0.4, 0.5) is 0 Å². The number of Topliss-reactive ketones (excluding diaryl/α,β-unsaturated/α-hetero) is 2. The van der Waals surface area contributed by atoms with E-state index in [4.69, 9.17) is 9.47 Å². The molecule has 0 spiro atoms. The third-order valence-electron chi connectivity index (χ3n) is 9.65. The molecule has 5 rings (SSSR count). The van der Waals surface area contributed by atoms with E-state index < -0.39 is 5.60 Å². The lowest BCUT2D eigenvalue weighted by Gasteiger charge is -2.55. The lowest BCUT2D eigenvalue weighted by molar-refractivity contribution is -0.166. The average molecular weight is 477 g/mol. The molecule has 186 valence electrons. The number of rotatable bonds is 6. The molecule has 0 radical (unpaired) electrons. The van der Waals surface area contributed by atoms with Gasteiger partial charge in [-0.05, 0) is 80.1 Å². The van der Waals surface area contributed by atoms with Crippen molar-refractivity contribution in [3.05, 3.63) is 58.2 Å². The Morgan fingerprint density at radius 3 is 2.46 bits per heavy atom. The fraction of sp³-hybridized carbons (Fsp3) is 0.567. The SMILES string of the molecule is COCC(=O)[C@@]1(OC)CC[C@H]2[C@@H]3CCC4=CC(=O)CCC4=C3[C@@H](c3ccc(C(C)=O)cc3)C[C@@]21C. The number of ketones is 3. The molecule has 0 N–H and O–H groups in total. The predicted octanol–water partition coefficient (Wildman–Crippen LogP) is 5.39. The summed E-state index contributed by atoms with van der Waals surface area (Å²) in [4.78, 5) is 37.7. The van der Waals surface area contributed by atoms with Gasteiger partial charge >= 0.3 is 0 Å². The fourth-order valence-electron chi connectivity index (χ4n) is 8.05. The van der Waals surface area contributed by atoms with Gasteiger partial charge in [0.15, 0.2) is 17.3 Å². The zero-order valence-corrected chi connectivity index (χ0v) is 21.3. The molecular formula is C30H36O5. The fourth-order valence-corrected chi connectivity index (χ4v) is 8.05. The summed E-state index contributed by atoms with van der Waals surface area (Å²) in [7, 11) is 3.25. The lowest BCUT2D eigenvalue weighted by Crippen LogP contribution is -2.57. The van der Waals surface area contributed by atoms with E-state index in [-0.39, 0.29) is 35.3 Å². The van der Waals surface area contributed by atoms with E-state index in [0.29, 0.717) is 30.2 Å². The molecule has 4 aliphatic rings. The van der Waals surface area contributed by atoms with Crippen LogP contribution < -0.4 is 0 Å². The highest BCUT2D eigenvalue weighted by atomic mass is 16.5. The Balaban J connectivity index is 1.67. The molecule has 0 aliphatic heterocycles. The molecule has 0 amide bonds. The molecule has 1 aromatic carbocycles. The first-order chi connectivity index (χ1) is 16.8. The highest BCUT2D eigenvalue weighted by molar-refractivity contribution is 5.94. The smallest absolute Gasteiger partial charge is 0.190 e. The van der Waals surface area contributed by atoms with E-state index in [1.165, 1.54) is 22.3 Å². The van der Waals surface area contributed by atoms with Crippen molar-refractivity contribution in [3.63, 3.8) is 0 Å². The van der Waals surface area contributed by atoms with Gasteiger partial charge in [-0.3, -0.25) is 14.4 Å². The van der Waals surface area contributed by atoms with Crippen molar-refractivity contribution in [3.8, 4) is 0 Å². The first-order valence-corrected chi connectivity index (χ1v) is 12.9. The van der Waals surface area contributed by atoms with Crippen LogP contribution in [0.3, 0.4) is 0 Å². The molecule has 5 nitrogen and oxygen atoms in total. The molecule has 0 aromatic heterocycles. The maximum atomic E-state index is 13.5. The van der Waals surface area contributed by atoms with E-state index in [1.807, 2.05) is 18.2 Å². The number of allylic oxidation sites excluding steroid dienone is 4. The minimum Gasteiger partial charge on any atom is -0.377 e. The zero-order chi connectivity index (χ0) is 25.0. The van der Waals surface area contributed by atoms with E-state index in [0.717, 1.165) is 32.1 Å². The van der Waals surface area contributed by atoms with Crippen LogP contribution in [-0.4, -0.2) is 43.8 Å². The maximum absolute atomic E-state index is 13.5. The number of hydrogen-bond donors (Lipinski definition) is 0. The summed E-state index contributed by atoms with van der Waals surface area (Å²) in [5.74, 6) is 1.15. The molecular weight excluding hydrogens is 440 g/mol. The molecule has 1 aromatic rings. The standard InChI is InChI=1S/C30H36O5/c1-18(31)19-5-7-20(8-6-19)25-16-29(2)26(13-14-30(29,35-4)27(33)17-34-3)24-11-9-21-15-22(32)10-12-23(21)28(24)25/h5-8,15,24-26H,9-14,16-17H2,1-4H3/t24-,25+,26-,29-,30-/m0/s1. The highest BCUT2D eigenvalue weighted by Crippen LogP contribution is 2.67. The van der Waals surface area contributed by atoms with Gasteiger partial charge in [-0.15, -0.1) is 0 Å². The summed E-state index contributed by atoms with van der Waals surface area (Å²) in [6.45, 7) is 3.91. The first-order valence-electron chi connectivity index (χ1n) is 12.9. The minimum absolute atomic E-state index is 0.0361. The molecule has 5 atom stereocenters. The van der Waals surface area contributed by atoms with Crippen molar-refractivity contribution in [2.45, 2.75) is 70.3 Å². The predicted molar refractivity (Wildman–Crippen MR) is 133 cm³/mol. The Kier molecular flexibility index (Phi) is 6.21. The highest BCUT2D eigenvalue weighted by Gasteiger charge is 2.66. The van der Waals surface area contributed by atoms with Crippen molar-refractivity contribution in [1.82, 2.24) is 0 Å². The number of hydrogen-bond acceptors (Lipinski definition) is 5. The van der Waals surface area contributed by atoms with Crippen LogP contribution in [0.25, 0.3) is 0 Å². The number of methoxy groups -OCH3 is 2. The Morgan fingerprint density at radius 2 is 1.80 bits per heavy atom. The van der Waals surface area contributed by atoms with Crippen LogP contribution in [0, 0.1) is 17.3 Å². The second-order valence-corrected chi connectivity index (χ2v) is 11.1. The van der Waals surface area contributed by atoms with Gasteiger partial charge in [-0.2, -0.15) is 0 Å². The van der Waals surface area contributed by atoms with Crippen LogP contribution in [0.2, 0.25) is 0 Å². The molecule has 2 fully saturated rings. The van der Waals surface area contributed by atoms with Crippen molar-refractivity contribution >= 4 is 17.3 Å². The number of ether oxygens (including phenoxy) is 2. The summed E-state index contributed by atoms with van der Waals surface area (Å²) in [6, 6.07) is 8.01. The van der Waals surface area contributed by atoms with E-state index in [2.05, 4.69) is 19.1 Å². The van der Waals surface area contributed by atoms with Gasteiger partial charge in [0.25, 0.3) is 0 Å². The van der Waals surface area contributed by atoms with E-state index >= 15 is 0 Å². The zero-order valence-electron chi connectivity index (χ0n) is 21.3. The maximum Gasteiger partial charge on any atom is 0.190 e. The summed E-state index contributed by atoms with van der Waals surface area (Å²) in [5.41, 5.74) is 4.75. The van der Waals surface area contributed by atoms with Gasteiger partial charge < -0.3 is 9.47 Å². The topological polar surface area (TPSA) is 69.7 Å². The normalized spacial score (nSPS) is 34.1. The largest absolute Gasteiger partial charge is 0.377 e. The van der Waals surface area contributed by atoms with Crippen LogP contribution in [0.5, 0.6) is 0 Å². The van der Waals surface area contributed by atoms with Crippen LogP contribution in [0.15, 0.2) is 47.1 Å². The molecule has 2 saturated carbocycles. The molecule has 0 bridgehead atoms. The minimum atomic E-state index is -0.861. The molecule has 5 heteroatoms. The van der Waals surface area contributed by atoms with Gasteiger partial charge in [0.1, 0.15) is 12.2 Å². The van der Waals surface area contributed by atoms with Gasteiger partial charge in [0.05, 0.1) is 0 Å². The summed E-state index contributed by atoms with van der Waals surface area (Å²) >= 11 is 0. The van der Waals surface area contributed by atoms with Gasteiger partial charge in [-0.25, -0.2) is 0 Å². The molecule has 0 heterocycles. The second-order valence-electron chi connectivity index (χ2n) is 11.1. The lowest BCUT2D eigenvalue weighted by atomic mass is 9.50. The Labute approximate surface area is 207 Å². The van der Waals surface area contributed by atoms with Crippen LogP contribution in [0.1, 0.15) is 80.6 Å². The Morgan fingerprint density at radius 1 is 1.06 bits per heavy atom. The molecule has 35 heavy (non-hydrogen) atoms. The third-order valence-corrected chi connectivity index (χ3v) is 9.65. The van der Waals surface area contributed by atoms with Crippen molar-refractivity contribution in [1.29, 1.82) is 0 Å². The summed E-state index contributed by atoms with van der Waals surface area (Å²) < 4.78 is 11.5. The molecule has 0 unspecified atom stereocenters.